The number of aryl methyl sites for hydroxylation is 1. The SMILES string of the molecule is CCCCC/C=C\C/C=C\CCCCCCCCOc1cc(CCC=O)cc(OCCCCCCCC/C=C\C/C=C\CCCCC)c1. The number of hydrogen-bond donors (Lipinski definition) is 0. The van der Waals surface area contributed by atoms with E-state index in [1.54, 1.807) is 0 Å². The molecule has 1 rings (SSSR count). The van der Waals surface area contributed by atoms with Gasteiger partial charge in [-0.2, -0.15) is 0 Å². The highest BCUT2D eigenvalue weighted by atomic mass is 16.5. The zero-order chi connectivity index (χ0) is 34.4. The molecule has 48 heavy (non-hydrogen) atoms. The highest BCUT2D eigenvalue weighted by molar-refractivity contribution is 5.50. The first kappa shape index (κ1) is 43.5. The standard InChI is InChI=1S/C45H74O3/c1-3-5-7-9-11-13-15-17-19-21-23-25-27-29-31-33-38-47-44-40-43(36-35-37-46)41-45(42-44)48-39-34-32-30-28-26-24-22-20-18-16-14-12-10-8-6-4-2/h11-14,17-20,37,40-42H,3-10,15-16,21-36,38-39H2,1-2H3/b13-11-,14-12-,19-17-,20-18-. The Morgan fingerprint density at radius 3 is 1.21 bits per heavy atom. The van der Waals surface area contributed by atoms with Crippen LogP contribution in [-0.2, 0) is 11.2 Å². The lowest BCUT2D eigenvalue weighted by atomic mass is 10.1. The summed E-state index contributed by atoms with van der Waals surface area (Å²) in [5, 5.41) is 0. The largest absolute Gasteiger partial charge is 0.493 e. The molecule has 3 nitrogen and oxygen atoms in total. The molecule has 0 aromatic heterocycles. The Kier molecular flexibility index (Phi) is 32.4. The molecule has 0 aliphatic carbocycles. The minimum atomic E-state index is 0.529. The normalized spacial score (nSPS) is 12.0. The van der Waals surface area contributed by atoms with Gasteiger partial charge in [0, 0.05) is 12.5 Å². The van der Waals surface area contributed by atoms with Crippen molar-refractivity contribution in [1.82, 2.24) is 0 Å². The van der Waals surface area contributed by atoms with Crippen molar-refractivity contribution in [2.45, 2.75) is 181 Å². The fourth-order valence-electron chi connectivity index (χ4n) is 5.73. The number of rotatable bonds is 35. The summed E-state index contributed by atoms with van der Waals surface area (Å²) in [5.41, 5.74) is 1.11. The van der Waals surface area contributed by atoms with Crippen molar-refractivity contribution in [2.75, 3.05) is 13.2 Å². The molecule has 0 saturated carbocycles. The van der Waals surface area contributed by atoms with Gasteiger partial charge in [0.2, 0.25) is 0 Å². The van der Waals surface area contributed by atoms with Crippen LogP contribution in [0.5, 0.6) is 11.5 Å². The van der Waals surface area contributed by atoms with Crippen LogP contribution in [0.4, 0.5) is 0 Å². The van der Waals surface area contributed by atoms with Gasteiger partial charge >= 0.3 is 0 Å². The predicted molar refractivity (Wildman–Crippen MR) is 211 cm³/mol. The molecular formula is C45H74O3. The van der Waals surface area contributed by atoms with Gasteiger partial charge in [-0.15, -0.1) is 0 Å². The maximum absolute atomic E-state index is 11.0. The van der Waals surface area contributed by atoms with E-state index >= 15 is 0 Å². The van der Waals surface area contributed by atoms with Crippen LogP contribution in [-0.4, -0.2) is 19.5 Å². The Balaban J connectivity index is 2.12. The van der Waals surface area contributed by atoms with Crippen molar-refractivity contribution in [3.63, 3.8) is 0 Å². The van der Waals surface area contributed by atoms with Gasteiger partial charge in [-0.05, 0) is 101 Å². The zero-order valence-corrected chi connectivity index (χ0v) is 31.5. The molecule has 3 heteroatoms. The molecular weight excluding hydrogens is 588 g/mol. The van der Waals surface area contributed by atoms with Gasteiger partial charge in [-0.1, -0.05) is 140 Å². The number of ether oxygens (including phenoxy) is 2. The molecule has 0 unspecified atom stereocenters. The molecule has 272 valence electrons. The summed E-state index contributed by atoms with van der Waals surface area (Å²) in [7, 11) is 0. The van der Waals surface area contributed by atoms with E-state index in [9.17, 15) is 4.79 Å². The van der Waals surface area contributed by atoms with E-state index in [4.69, 9.17) is 9.47 Å². The van der Waals surface area contributed by atoms with Gasteiger partial charge in [-0.25, -0.2) is 0 Å². The van der Waals surface area contributed by atoms with Crippen molar-refractivity contribution in [3.05, 3.63) is 72.4 Å². The Bertz CT molecular complexity index is 889. The number of carbonyl (C=O) groups excluding carboxylic acids is 1. The summed E-state index contributed by atoms with van der Waals surface area (Å²) in [6.45, 7) is 5.98. The van der Waals surface area contributed by atoms with Gasteiger partial charge in [0.25, 0.3) is 0 Å². The zero-order valence-electron chi connectivity index (χ0n) is 31.5. The third-order valence-corrected chi connectivity index (χ3v) is 8.72. The topological polar surface area (TPSA) is 35.5 Å². The average molecular weight is 663 g/mol. The van der Waals surface area contributed by atoms with E-state index in [-0.39, 0.29) is 0 Å². The summed E-state index contributed by atoms with van der Waals surface area (Å²) < 4.78 is 12.3. The van der Waals surface area contributed by atoms with Gasteiger partial charge in [0.15, 0.2) is 0 Å². The van der Waals surface area contributed by atoms with Gasteiger partial charge in [0.05, 0.1) is 13.2 Å². The number of hydrogen-bond acceptors (Lipinski definition) is 3. The van der Waals surface area contributed by atoms with E-state index < -0.39 is 0 Å². The molecule has 1 aromatic rings. The molecule has 0 saturated heterocycles. The Hall–Kier alpha value is -2.55. The Labute approximate surface area is 297 Å². The molecule has 0 aliphatic rings. The van der Waals surface area contributed by atoms with Crippen LogP contribution in [0.2, 0.25) is 0 Å². The second-order valence-electron chi connectivity index (χ2n) is 13.4. The molecule has 0 spiro atoms. The number of unbranched alkanes of at least 4 members (excludes halogenated alkanes) is 18. The Morgan fingerprint density at radius 2 is 0.812 bits per heavy atom. The van der Waals surface area contributed by atoms with Crippen molar-refractivity contribution < 1.29 is 14.3 Å². The van der Waals surface area contributed by atoms with Crippen LogP contribution in [0.3, 0.4) is 0 Å². The third kappa shape index (κ3) is 29.6. The van der Waals surface area contributed by atoms with E-state index in [0.29, 0.717) is 6.42 Å². The molecule has 0 amide bonds. The molecule has 0 N–H and O–H groups in total. The van der Waals surface area contributed by atoms with Crippen LogP contribution in [0.25, 0.3) is 0 Å². The summed E-state index contributed by atoms with van der Waals surface area (Å²) in [4.78, 5) is 11.0. The second kappa shape index (κ2) is 35.7. The smallest absolute Gasteiger partial charge is 0.123 e. The number of carbonyl (C=O) groups is 1. The molecule has 0 heterocycles. The van der Waals surface area contributed by atoms with Gasteiger partial charge in [-0.3, -0.25) is 0 Å². The predicted octanol–water partition coefficient (Wildman–Crippen LogP) is 14.2. The van der Waals surface area contributed by atoms with Crippen LogP contribution in [0.15, 0.2) is 66.8 Å². The molecule has 0 radical (unpaired) electrons. The summed E-state index contributed by atoms with van der Waals surface area (Å²) in [6, 6.07) is 6.18. The summed E-state index contributed by atoms with van der Waals surface area (Å²) >= 11 is 0. The number of allylic oxidation sites excluding steroid dienone is 8. The van der Waals surface area contributed by atoms with E-state index in [1.165, 1.54) is 128 Å². The molecule has 1 aromatic carbocycles. The number of aldehydes is 1. The van der Waals surface area contributed by atoms with Crippen molar-refractivity contribution >= 4 is 6.29 Å². The highest BCUT2D eigenvalue weighted by Crippen LogP contribution is 2.25. The van der Waals surface area contributed by atoms with E-state index in [0.717, 1.165) is 68.7 Å². The third-order valence-electron chi connectivity index (χ3n) is 8.72. The van der Waals surface area contributed by atoms with Gasteiger partial charge < -0.3 is 14.3 Å². The lowest BCUT2D eigenvalue weighted by Crippen LogP contribution is -2.01. The van der Waals surface area contributed by atoms with Gasteiger partial charge in [0.1, 0.15) is 17.8 Å². The van der Waals surface area contributed by atoms with Crippen molar-refractivity contribution in [1.29, 1.82) is 0 Å². The second-order valence-corrected chi connectivity index (χ2v) is 13.4. The minimum absolute atomic E-state index is 0.529. The lowest BCUT2D eigenvalue weighted by molar-refractivity contribution is -0.107. The average Bonchev–Trinajstić information content (AvgIpc) is 3.10. The first-order valence-electron chi connectivity index (χ1n) is 20.2. The quantitative estimate of drug-likeness (QED) is 0.0412. The summed E-state index contributed by atoms with van der Waals surface area (Å²) in [6.07, 6.45) is 50.8. The first-order valence-corrected chi connectivity index (χ1v) is 20.2. The first-order chi connectivity index (χ1) is 23.8. The van der Waals surface area contributed by atoms with Crippen LogP contribution in [0, 0.1) is 0 Å². The summed E-state index contributed by atoms with van der Waals surface area (Å²) in [5.74, 6) is 1.74. The molecule has 0 bridgehead atoms. The fraction of sp³-hybridized carbons (Fsp3) is 0.667. The highest BCUT2D eigenvalue weighted by Gasteiger charge is 2.05. The molecule has 0 aliphatic heterocycles. The van der Waals surface area contributed by atoms with E-state index in [2.05, 4.69) is 74.6 Å². The maximum atomic E-state index is 11.0. The van der Waals surface area contributed by atoms with Crippen LogP contribution >= 0.6 is 0 Å². The van der Waals surface area contributed by atoms with E-state index in [1.807, 2.05) is 6.07 Å². The Morgan fingerprint density at radius 1 is 0.438 bits per heavy atom. The minimum Gasteiger partial charge on any atom is -0.493 e. The lowest BCUT2D eigenvalue weighted by Gasteiger charge is -2.12. The van der Waals surface area contributed by atoms with Crippen molar-refractivity contribution in [3.8, 4) is 11.5 Å². The number of benzene rings is 1. The van der Waals surface area contributed by atoms with Crippen LogP contribution in [0.1, 0.15) is 180 Å². The maximum Gasteiger partial charge on any atom is 0.123 e. The molecule has 0 fully saturated rings. The molecule has 0 atom stereocenters. The fourth-order valence-corrected chi connectivity index (χ4v) is 5.73. The monoisotopic (exact) mass is 663 g/mol. The van der Waals surface area contributed by atoms with Crippen LogP contribution < -0.4 is 9.47 Å². The van der Waals surface area contributed by atoms with Crippen molar-refractivity contribution in [2.24, 2.45) is 0 Å².